The summed E-state index contributed by atoms with van der Waals surface area (Å²) in [5.74, 6) is 1.19. The molecule has 2 saturated heterocycles. The van der Waals surface area contributed by atoms with Gasteiger partial charge in [-0.15, -0.1) is 0 Å². The molecule has 4 rings (SSSR count). The Hall–Kier alpha value is -1.10. The number of carbonyl (C=O) groups excluding carboxylic acids is 2. The number of likely N-dealkylation sites (tertiary alicyclic amines) is 2. The van der Waals surface area contributed by atoms with Crippen molar-refractivity contribution >= 4 is 11.8 Å². The van der Waals surface area contributed by atoms with E-state index in [9.17, 15) is 9.59 Å². The molecule has 1 atom stereocenters. The molecule has 2 saturated carbocycles. The molecule has 2 aliphatic carbocycles. The van der Waals surface area contributed by atoms with Gasteiger partial charge in [0.2, 0.25) is 11.8 Å². The third-order valence-electron chi connectivity index (χ3n) is 6.74. The smallest absolute Gasteiger partial charge is 0.225 e. The zero-order valence-electron chi connectivity index (χ0n) is 15.4. The van der Waals surface area contributed by atoms with E-state index in [2.05, 4.69) is 15.1 Å². The maximum Gasteiger partial charge on any atom is 0.225 e. The summed E-state index contributed by atoms with van der Waals surface area (Å²) in [6.45, 7) is 3.86. The Morgan fingerprint density at radius 1 is 0.760 bits per heavy atom. The van der Waals surface area contributed by atoms with Crippen molar-refractivity contribution in [1.82, 2.24) is 15.1 Å². The third-order valence-corrected chi connectivity index (χ3v) is 6.74. The largest absolute Gasteiger partial charge is 0.353 e. The molecule has 25 heavy (non-hydrogen) atoms. The molecule has 5 heteroatoms. The molecule has 0 bridgehead atoms. The van der Waals surface area contributed by atoms with Gasteiger partial charge in [0.15, 0.2) is 0 Å². The first-order valence-corrected chi connectivity index (χ1v) is 10.5. The molecule has 4 aliphatic rings. The predicted molar refractivity (Wildman–Crippen MR) is 97.0 cm³/mol. The van der Waals surface area contributed by atoms with Crippen LogP contribution in [0, 0.1) is 11.8 Å². The van der Waals surface area contributed by atoms with Crippen molar-refractivity contribution in [3.63, 3.8) is 0 Å². The molecule has 140 valence electrons. The zero-order valence-corrected chi connectivity index (χ0v) is 15.4. The minimum Gasteiger partial charge on any atom is -0.353 e. The van der Waals surface area contributed by atoms with Gasteiger partial charge in [0.1, 0.15) is 0 Å². The summed E-state index contributed by atoms with van der Waals surface area (Å²) < 4.78 is 0. The summed E-state index contributed by atoms with van der Waals surface area (Å²) in [5.41, 5.74) is 0. The fourth-order valence-electron chi connectivity index (χ4n) is 4.98. The van der Waals surface area contributed by atoms with Gasteiger partial charge in [0.25, 0.3) is 0 Å². The Balaban J connectivity index is 1.25. The Morgan fingerprint density at radius 2 is 1.48 bits per heavy atom. The lowest BCUT2D eigenvalue weighted by Crippen LogP contribution is -2.52. The second-order valence-corrected chi connectivity index (χ2v) is 8.65. The number of hydrogen-bond donors (Lipinski definition) is 1. The highest BCUT2D eigenvalue weighted by atomic mass is 16.2. The molecule has 5 nitrogen and oxygen atoms in total. The van der Waals surface area contributed by atoms with Crippen LogP contribution in [0.4, 0.5) is 0 Å². The molecule has 1 unspecified atom stereocenters. The summed E-state index contributed by atoms with van der Waals surface area (Å²) in [4.78, 5) is 29.5. The first-order valence-electron chi connectivity index (χ1n) is 10.5. The van der Waals surface area contributed by atoms with Gasteiger partial charge in [0.05, 0.1) is 5.92 Å². The van der Waals surface area contributed by atoms with E-state index in [1.807, 2.05) is 0 Å². The maximum atomic E-state index is 12.6. The molecule has 2 amide bonds. The van der Waals surface area contributed by atoms with E-state index in [1.165, 1.54) is 12.8 Å². The average Bonchev–Trinajstić information content (AvgIpc) is 3.39. The summed E-state index contributed by atoms with van der Waals surface area (Å²) in [6, 6.07) is 0.991. The molecule has 0 aromatic heterocycles. The van der Waals surface area contributed by atoms with Crippen molar-refractivity contribution < 1.29 is 9.59 Å². The quantitative estimate of drug-likeness (QED) is 0.848. The fraction of sp³-hybridized carbons (Fsp3) is 0.900. The Morgan fingerprint density at radius 3 is 2.16 bits per heavy atom. The van der Waals surface area contributed by atoms with E-state index in [1.54, 1.807) is 0 Å². The van der Waals surface area contributed by atoms with Gasteiger partial charge in [-0.05, 0) is 57.9 Å². The number of rotatable bonds is 4. The van der Waals surface area contributed by atoms with Gasteiger partial charge in [-0.2, -0.15) is 0 Å². The van der Waals surface area contributed by atoms with Gasteiger partial charge < -0.3 is 10.2 Å². The third kappa shape index (κ3) is 4.18. The van der Waals surface area contributed by atoms with Gasteiger partial charge in [-0.1, -0.05) is 12.8 Å². The van der Waals surface area contributed by atoms with E-state index in [4.69, 9.17) is 0 Å². The number of nitrogens with one attached hydrogen (secondary N) is 1. The highest BCUT2D eigenvalue weighted by Crippen LogP contribution is 2.32. The maximum absolute atomic E-state index is 12.6. The van der Waals surface area contributed by atoms with Crippen LogP contribution in [0.2, 0.25) is 0 Å². The number of hydrogen-bond acceptors (Lipinski definition) is 3. The minimum atomic E-state index is 0.167. The Bertz CT molecular complexity index is 491. The van der Waals surface area contributed by atoms with Crippen molar-refractivity contribution in [2.75, 3.05) is 26.2 Å². The number of carbonyl (C=O) groups is 2. The van der Waals surface area contributed by atoms with Crippen LogP contribution in [0.5, 0.6) is 0 Å². The molecule has 0 radical (unpaired) electrons. The SMILES string of the molecule is O=C(NC1CCCC1)C1CCCN(C2CCN(C(=O)C3CC3)CC2)C1. The standard InChI is InChI=1S/C20H33N3O2/c24-19(21-17-5-1-2-6-17)16-4-3-11-23(14-16)18-9-12-22(13-10-18)20(25)15-7-8-15/h15-18H,1-14H2,(H,21,24). The molecular weight excluding hydrogens is 314 g/mol. The van der Waals surface area contributed by atoms with E-state index in [-0.39, 0.29) is 11.8 Å². The van der Waals surface area contributed by atoms with Crippen molar-refractivity contribution in [3.8, 4) is 0 Å². The van der Waals surface area contributed by atoms with E-state index in [0.717, 1.165) is 77.5 Å². The average molecular weight is 348 g/mol. The van der Waals surface area contributed by atoms with Crippen LogP contribution in [-0.4, -0.2) is 59.9 Å². The van der Waals surface area contributed by atoms with Crippen LogP contribution in [0.15, 0.2) is 0 Å². The van der Waals surface area contributed by atoms with Gasteiger partial charge >= 0.3 is 0 Å². The van der Waals surface area contributed by atoms with Crippen LogP contribution in [0.3, 0.4) is 0 Å². The molecule has 1 N–H and O–H groups in total. The lowest BCUT2D eigenvalue weighted by molar-refractivity contribution is -0.134. The zero-order chi connectivity index (χ0) is 17.2. The highest BCUT2D eigenvalue weighted by molar-refractivity contribution is 5.81. The number of piperidine rings is 2. The van der Waals surface area contributed by atoms with Gasteiger partial charge in [-0.3, -0.25) is 14.5 Å². The van der Waals surface area contributed by atoms with Crippen molar-refractivity contribution in [3.05, 3.63) is 0 Å². The molecule has 2 aliphatic heterocycles. The normalized spacial score (nSPS) is 29.8. The summed E-state index contributed by atoms with van der Waals surface area (Å²) in [7, 11) is 0. The van der Waals surface area contributed by atoms with Crippen molar-refractivity contribution in [1.29, 1.82) is 0 Å². The lowest BCUT2D eigenvalue weighted by Gasteiger charge is -2.42. The van der Waals surface area contributed by atoms with Gasteiger partial charge in [0, 0.05) is 37.6 Å². The van der Waals surface area contributed by atoms with E-state index < -0.39 is 0 Å². The minimum absolute atomic E-state index is 0.167. The molecule has 0 aromatic rings. The van der Waals surface area contributed by atoms with Crippen molar-refractivity contribution in [2.24, 2.45) is 11.8 Å². The lowest BCUT2D eigenvalue weighted by atomic mass is 9.93. The summed E-state index contributed by atoms with van der Waals surface area (Å²) in [5, 5.41) is 3.29. The summed E-state index contributed by atoms with van der Waals surface area (Å²) >= 11 is 0. The monoisotopic (exact) mass is 347 g/mol. The first kappa shape index (κ1) is 17.3. The van der Waals surface area contributed by atoms with E-state index in [0.29, 0.717) is 23.9 Å². The van der Waals surface area contributed by atoms with Crippen LogP contribution in [0.1, 0.15) is 64.2 Å². The molecule has 4 fully saturated rings. The molecule has 0 aromatic carbocycles. The first-order chi connectivity index (χ1) is 12.2. The van der Waals surface area contributed by atoms with Crippen molar-refractivity contribution in [2.45, 2.75) is 76.3 Å². The van der Waals surface area contributed by atoms with Gasteiger partial charge in [-0.25, -0.2) is 0 Å². The van der Waals surface area contributed by atoms with Crippen LogP contribution >= 0.6 is 0 Å². The second-order valence-electron chi connectivity index (χ2n) is 8.65. The van der Waals surface area contributed by atoms with E-state index >= 15 is 0 Å². The Kier molecular flexibility index (Phi) is 5.30. The Labute approximate surface area is 151 Å². The second kappa shape index (κ2) is 7.65. The fourth-order valence-corrected chi connectivity index (χ4v) is 4.98. The number of amides is 2. The highest BCUT2D eigenvalue weighted by Gasteiger charge is 2.37. The number of nitrogens with zero attached hydrogens (tertiary/aromatic N) is 2. The van der Waals surface area contributed by atoms with Crippen LogP contribution < -0.4 is 5.32 Å². The summed E-state index contributed by atoms with van der Waals surface area (Å²) in [6.07, 6.45) is 11.4. The molecule has 0 spiro atoms. The molecule has 2 heterocycles. The van der Waals surface area contributed by atoms with Crippen LogP contribution in [0.25, 0.3) is 0 Å². The molecular formula is C20H33N3O2. The van der Waals surface area contributed by atoms with Crippen LogP contribution in [-0.2, 0) is 9.59 Å². The topological polar surface area (TPSA) is 52.7 Å². The predicted octanol–water partition coefficient (Wildman–Crippen LogP) is 2.16.